The first kappa shape index (κ1) is 24.3. The highest BCUT2D eigenvalue weighted by molar-refractivity contribution is 9.12. The van der Waals surface area contributed by atoms with E-state index in [0.29, 0.717) is 21.0 Å². The van der Waals surface area contributed by atoms with Crippen LogP contribution >= 0.6 is 39.3 Å². The first-order valence-electron chi connectivity index (χ1n) is 8.20. The summed E-state index contributed by atoms with van der Waals surface area (Å²) in [4.78, 5) is 36.6. The smallest absolute Gasteiger partial charge is 0.431 e. The van der Waals surface area contributed by atoms with Crippen LogP contribution in [-0.2, 0) is 22.8 Å². The molecule has 0 fully saturated rings. The van der Waals surface area contributed by atoms with Gasteiger partial charge in [-0.25, -0.2) is 14.2 Å². The minimum Gasteiger partial charge on any atom is -0.461 e. The molecule has 1 heterocycles. The van der Waals surface area contributed by atoms with Crippen LogP contribution < -0.4 is 11.2 Å². The van der Waals surface area contributed by atoms with Crippen molar-refractivity contribution >= 4 is 51.3 Å². The largest absolute Gasteiger partial charge is 0.461 e. The van der Waals surface area contributed by atoms with Crippen LogP contribution in [0.1, 0.15) is 11.3 Å². The third-order valence-electron chi connectivity index (χ3n) is 3.85. The van der Waals surface area contributed by atoms with Crippen LogP contribution in [0.5, 0.6) is 0 Å². The van der Waals surface area contributed by atoms with Gasteiger partial charge in [0.05, 0.1) is 5.69 Å². The standard InChI is InChI=1S/C18H15BrClF3N2O4S/c1-24-14(18(21,22)23)9-15(26)25(17(24)28)11-3-4-13(20)10(7-11)8-12(19)16(27)29-5-6-30-2/h3-4,7-9H,5-6H2,1-2H3/b12-8-. The summed E-state index contributed by atoms with van der Waals surface area (Å²) in [5, 5.41) is 0.185. The minimum absolute atomic E-state index is 0.0129. The Morgan fingerprint density at radius 1 is 1.30 bits per heavy atom. The molecular weight excluding hydrogens is 513 g/mol. The van der Waals surface area contributed by atoms with E-state index in [9.17, 15) is 27.6 Å². The first-order valence-corrected chi connectivity index (χ1v) is 10.8. The molecule has 12 heteroatoms. The Bertz CT molecular complexity index is 1110. The number of benzene rings is 1. The zero-order chi connectivity index (χ0) is 22.6. The number of thioether (sulfide) groups is 1. The number of nitrogens with zero attached hydrogens (tertiary/aromatic N) is 2. The number of halogens is 5. The average molecular weight is 528 g/mol. The van der Waals surface area contributed by atoms with Gasteiger partial charge in [0.15, 0.2) is 0 Å². The van der Waals surface area contributed by atoms with E-state index >= 15 is 0 Å². The maximum Gasteiger partial charge on any atom is 0.431 e. The summed E-state index contributed by atoms with van der Waals surface area (Å²) in [6, 6.07) is 4.30. The van der Waals surface area contributed by atoms with Crippen LogP contribution in [0.2, 0.25) is 5.02 Å². The van der Waals surface area contributed by atoms with E-state index in [1.54, 1.807) is 0 Å². The molecule has 0 aliphatic carbocycles. The number of rotatable bonds is 6. The normalized spacial score (nSPS) is 12.2. The van der Waals surface area contributed by atoms with Crippen molar-refractivity contribution < 1.29 is 22.7 Å². The third-order valence-corrected chi connectivity index (χ3v) is 5.32. The maximum atomic E-state index is 13.0. The van der Waals surface area contributed by atoms with Crippen molar-refractivity contribution in [3.63, 3.8) is 0 Å². The summed E-state index contributed by atoms with van der Waals surface area (Å²) in [5.41, 5.74) is -3.46. The fourth-order valence-electron chi connectivity index (χ4n) is 2.40. The second kappa shape index (κ2) is 9.88. The Kier molecular flexibility index (Phi) is 8.00. The molecule has 0 radical (unpaired) electrons. The number of ether oxygens (including phenoxy) is 1. The molecule has 0 aliphatic heterocycles. The lowest BCUT2D eigenvalue weighted by molar-refractivity contribution is -0.144. The molecule has 6 nitrogen and oxygen atoms in total. The lowest BCUT2D eigenvalue weighted by Crippen LogP contribution is -2.40. The summed E-state index contributed by atoms with van der Waals surface area (Å²) in [5.74, 6) is -0.0318. The van der Waals surface area contributed by atoms with Crippen LogP contribution in [0, 0.1) is 0 Å². The maximum absolute atomic E-state index is 13.0. The lowest BCUT2D eigenvalue weighted by atomic mass is 10.2. The number of carbonyl (C=O) groups excluding carboxylic acids is 1. The van der Waals surface area contributed by atoms with Gasteiger partial charge in [0.2, 0.25) is 0 Å². The van der Waals surface area contributed by atoms with Crippen molar-refractivity contribution in [2.45, 2.75) is 6.18 Å². The molecule has 0 spiro atoms. The molecule has 0 aliphatic rings. The molecule has 2 aromatic rings. The highest BCUT2D eigenvalue weighted by Crippen LogP contribution is 2.27. The van der Waals surface area contributed by atoms with Gasteiger partial charge < -0.3 is 4.74 Å². The number of alkyl halides is 3. The molecular formula is C18H15BrClF3N2O4S. The topological polar surface area (TPSA) is 70.3 Å². The number of esters is 1. The molecule has 0 bridgehead atoms. The van der Waals surface area contributed by atoms with Crippen molar-refractivity contribution in [3.8, 4) is 5.69 Å². The molecule has 2 rings (SSSR count). The van der Waals surface area contributed by atoms with Crippen LogP contribution in [-0.4, -0.2) is 33.7 Å². The highest BCUT2D eigenvalue weighted by Gasteiger charge is 2.35. The van der Waals surface area contributed by atoms with Gasteiger partial charge in [-0.2, -0.15) is 24.9 Å². The summed E-state index contributed by atoms with van der Waals surface area (Å²) >= 11 is 10.7. The van der Waals surface area contributed by atoms with Gasteiger partial charge in [-0.15, -0.1) is 0 Å². The number of carbonyl (C=O) groups is 1. The van der Waals surface area contributed by atoms with Crippen LogP contribution in [0.4, 0.5) is 13.2 Å². The molecule has 0 saturated carbocycles. The van der Waals surface area contributed by atoms with E-state index < -0.39 is 29.1 Å². The predicted molar refractivity (Wildman–Crippen MR) is 114 cm³/mol. The Morgan fingerprint density at radius 2 is 1.97 bits per heavy atom. The quantitative estimate of drug-likeness (QED) is 0.324. The van der Waals surface area contributed by atoms with E-state index in [0.717, 1.165) is 7.05 Å². The monoisotopic (exact) mass is 526 g/mol. The van der Waals surface area contributed by atoms with E-state index in [-0.39, 0.29) is 27.4 Å². The number of aromatic nitrogens is 2. The fraction of sp³-hybridized carbons (Fsp3) is 0.278. The summed E-state index contributed by atoms with van der Waals surface area (Å²) in [6.45, 7) is 0.202. The molecule has 0 unspecified atom stereocenters. The van der Waals surface area contributed by atoms with Crippen molar-refractivity contribution in [1.82, 2.24) is 9.13 Å². The number of hydrogen-bond acceptors (Lipinski definition) is 5. The minimum atomic E-state index is -4.86. The van der Waals surface area contributed by atoms with Gasteiger partial charge >= 0.3 is 17.8 Å². The van der Waals surface area contributed by atoms with Gasteiger partial charge in [-0.3, -0.25) is 9.36 Å². The second-order valence-electron chi connectivity index (χ2n) is 5.87. The zero-order valence-electron chi connectivity index (χ0n) is 15.6. The SMILES string of the molecule is CSCCOC(=O)/C(Br)=C/c1cc(-n2c(=O)cc(C(F)(F)F)n(C)c2=O)ccc1Cl. The van der Waals surface area contributed by atoms with Gasteiger partial charge in [0.1, 0.15) is 16.8 Å². The Hall–Kier alpha value is -1.98. The van der Waals surface area contributed by atoms with Gasteiger partial charge in [-0.1, -0.05) is 11.6 Å². The second-order valence-corrected chi connectivity index (χ2v) is 8.12. The molecule has 1 aromatic carbocycles. The van der Waals surface area contributed by atoms with Gasteiger partial charge in [0.25, 0.3) is 5.56 Å². The van der Waals surface area contributed by atoms with Crippen molar-refractivity contribution in [2.24, 2.45) is 7.05 Å². The van der Waals surface area contributed by atoms with Crippen LogP contribution in [0.3, 0.4) is 0 Å². The lowest BCUT2D eigenvalue weighted by Gasteiger charge is -2.14. The van der Waals surface area contributed by atoms with Crippen LogP contribution in [0.25, 0.3) is 11.8 Å². The molecule has 0 atom stereocenters. The number of hydrogen-bond donors (Lipinski definition) is 0. The average Bonchev–Trinajstić information content (AvgIpc) is 2.66. The van der Waals surface area contributed by atoms with Gasteiger partial charge in [-0.05, 0) is 52.0 Å². The van der Waals surface area contributed by atoms with E-state index in [1.165, 1.54) is 36.0 Å². The summed E-state index contributed by atoms with van der Waals surface area (Å²) < 4.78 is 45.0. The Balaban J connectivity index is 2.51. The van der Waals surface area contributed by atoms with E-state index in [4.69, 9.17) is 16.3 Å². The zero-order valence-corrected chi connectivity index (χ0v) is 18.8. The Morgan fingerprint density at radius 3 is 2.57 bits per heavy atom. The fourth-order valence-corrected chi connectivity index (χ4v) is 3.18. The highest BCUT2D eigenvalue weighted by atomic mass is 79.9. The molecule has 1 aromatic heterocycles. The van der Waals surface area contributed by atoms with Crippen LogP contribution in [0.15, 0.2) is 38.3 Å². The first-order chi connectivity index (χ1) is 14.0. The summed E-state index contributed by atoms with van der Waals surface area (Å²) in [6.07, 6.45) is -1.67. The third kappa shape index (κ3) is 5.58. The molecule has 0 amide bonds. The van der Waals surface area contributed by atoms with Crippen molar-refractivity contribution in [3.05, 3.63) is 65.9 Å². The van der Waals surface area contributed by atoms with E-state index in [2.05, 4.69) is 15.9 Å². The van der Waals surface area contributed by atoms with Gasteiger partial charge in [0, 0.05) is 23.9 Å². The molecule has 0 N–H and O–H groups in total. The molecule has 162 valence electrons. The van der Waals surface area contributed by atoms with Crippen molar-refractivity contribution in [1.29, 1.82) is 0 Å². The molecule has 0 saturated heterocycles. The Labute approximate surface area is 186 Å². The molecule has 30 heavy (non-hydrogen) atoms. The predicted octanol–water partition coefficient (Wildman–Crippen LogP) is 3.85. The summed E-state index contributed by atoms with van der Waals surface area (Å²) in [7, 11) is 0.916. The van der Waals surface area contributed by atoms with E-state index in [1.807, 2.05) is 6.26 Å². The van der Waals surface area contributed by atoms with Crippen molar-refractivity contribution in [2.75, 3.05) is 18.6 Å².